The summed E-state index contributed by atoms with van der Waals surface area (Å²) in [5, 5.41) is 7.46. The molecule has 4 rings (SSSR count). The van der Waals surface area contributed by atoms with E-state index in [0.717, 1.165) is 37.6 Å². The lowest BCUT2D eigenvalue weighted by Crippen LogP contribution is -2.32. The Morgan fingerprint density at radius 2 is 2.20 bits per heavy atom. The molecule has 7 nitrogen and oxygen atoms in total. The predicted octanol–water partition coefficient (Wildman–Crippen LogP) is 2.67. The zero-order valence-corrected chi connectivity index (χ0v) is 15.1. The number of nitrogens with zero attached hydrogens (tertiary/aromatic N) is 3. The summed E-state index contributed by atoms with van der Waals surface area (Å²) in [6.07, 6.45) is 4.41. The van der Waals surface area contributed by atoms with Crippen LogP contribution in [0.15, 0.2) is 0 Å². The van der Waals surface area contributed by atoms with Crippen molar-refractivity contribution in [1.82, 2.24) is 20.1 Å². The molecule has 1 aromatic rings. The van der Waals surface area contributed by atoms with E-state index in [9.17, 15) is 4.79 Å². The van der Waals surface area contributed by atoms with E-state index in [-0.39, 0.29) is 18.1 Å². The van der Waals surface area contributed by atoms with Crippen molar-refractivity contribution in [2.75, 3.05) is 26.3 Å². The van der Waals surface area contributed by atoms with Crippen LogP contribution in [0.5, 0.6) is 0 Å². The molecule has 1 N–H and O–H groups in total. The van der Waals surface area contributed by atoms with Crippen molar-refractivity contribution in [1.29, 1.82) is 0 Å². The molecule has 7 heteroatoms. The highest BCUT2D eigenvalue weighted by Crippen LogP contribution is 2.47. The SMILES string of the molecule is CC(C)c1n[nH]c([C@H]2CN(C(=O)OCC3CCCO3)C[C@@H]2C2CC2)n1. The number of H-pyrrole nitrogens is 1. The lowest BCUT2D eigenvalue weighted by Gasteiger charge is -2.17. The molecule has 3 heterocycles. The van der Waals surface area contributed by atoms with Gasteiger partial charge < -0.3 is 14.4 Å². The largest absolute Gasteiger partial charge is 0.447 e. The van der Waals surface area contributed by atoms with E-state index < -0.39 is 0 Å². The first kappa shape index (κ1) is 16.8. The van der Waals surface area contributed by atoms with E-state index in [4.69, 9.17) is 9.47 Å². The number of aromatic nitrogens is 3. The van der Waals surface area contributed by atoms with E-state index in [1.54, 1.807) is 0 Å². The summed E-state index contributed by atoms with van der Waals surface area (Å²) in [6.45, 7) is 6.76. The van der Waals surface area contributed by atoms with Gasteiger partial charge in [-0.2, -0.15) is 5.10 Å². The smallest absolute Gasteiger partial charge is 0.409 e. The summed E-state index contributed by atoms with van der Waals surface area (Å²) in [5.74, 6) is 3.48. The van der Waals surface area contributed by atoms with Gasteiger partial charge >= 0.3 is 6.09 Å². The molecule has 3 fully saturated rings. The molecule has 138 valence electrons. The van der Waals surface area contributed by atoms with Crippen LogP contribution in [0.4, 0.5) is 4.79 Å². The number of nitrogens with one attached hydrogen (secondary N) is 1. The molecule has 1 unspecified atom stereocenters. The maximum Gasteiger partial charge on any atom is 0.409 e. The molecule has 1 aliphatic carbocycles. The number of carbonyl (C=O) groups excluding carboxylic acids is 1. The van der Waals surface area contributed by atoms with Gasteiger partial charge in [-0.3, -0.25) is 5.10 Å². The van der Waals surface area contributed by atoms with Gasteiger partial charge in [0.05, 0.1) is 6.10 Å². The topological polar surface area (TPSA) is 80.3 Å². The van der Waals surface area contributed by atoms with Gasteiger partial charge in [-0.25, -0.2) is 9.78 Å². The molecule has 1 saturated carbocycles. The van der Waals surface area contributed by atoms with Crippen LogP contribution in [0.1, 0.15) is 63.0 Å². The van der Waals surface area contributed by atoms with Crippen LogP contribution in [0.2, 0.25) is 0 Å². The first-order chi connectivity index (χ1) is 12.1. The van der Waals surface area contributed by atoms with Crippen molar-refractivity contribution in [3.63, 3.8) is 0 Å². The van der Waals surface area contributed by atoms with Crippen molar-refractivity contribution < 1.29 is 14.3 Å². The van der Waals surface area contributed by atoms with Crippen LogP contribution in [-0.2, 0) is 9.47 Å². The van der Waals surface area contributed by atoms with E-state index in [0.29, 0.717) is 30.9 Å². The van der Waals surface area contributed by atoms with E-state index in [1.807, 2.05) is 4.90 Å². The number of hydrogen-bond donors (Lipinski definition) is 1. The summed E-state index contributed by atoms with van der Waals surface area (Å²) in [7, 11) is 0. The monoisotopic (exact) mass is 348 g/mol. The van der Waals surface area contributed by atoms with Crippen LogP contribution in [0, 0.1) is 11.8 Å². The molecule has 3 aliphatic rings. The summed E-state index contributed by atoms with van der Waals surface area (Å²) >= 11 is 0. The Kier molecular flexibility index (Phi) is 4.67. The second kappa shape index (κ2) is 6.94. The average molecular weight is 348 g/mol. The van der Waals surface area contributed by atoms with Crippen LogP contribution in [0.3, 0.4) is 0 Å². The Morgan fingerprint density at radius 3 is 2.84 bits per heavy atom. The molecule has 0 spiro atoms. The summed E-state index contributed by atoms with van der Waals surface area (Å²) in [6, 6.07) is 0. The van der Waals surface area contributed by atoms with Gasteiger partial charge in [0, 0.05) is 31.5 Å². The number of amides is 1. The number of ether oxygens (including phenoxy) is 2. The van der Waals surface area contributed by atoms with Crippen LogP contribution in [0.25, 0.3) is 0 Å². The molecular weight excluding hydrogens is 320 g/mol. The quantitative estimate of drug-likeness (QED) is 0.885. The highest BCUT2D eigenvalue weighted by Gasteiger charge is 2.46. The van der Waals surface area contributed by atoms with Crippen molar-refractivity contribution in [3.05, 3.63) is 11.6 Å². The van der Waals surface area contributed by atoms with Crippen molar-refractivity contribution in [2.45, 2.75) is 57.5 Å². The number of aromatic amines is 1. The predicted molar refractivity (Wildman–Crippen MR) is 91.3 cm³/mol. The minimum Gasteiger partial charge on any atom is -0.447 e. The van der Waals surface area contributed by atoms with Gasteiger partial charge in [0.1, 0.15) is 12.4 Å². The Hall–Kier alpha value is -1.63. The fourth-order valence-corrected chi connectivity index (χ4v) is 4.01. The Labute approximate surface area is 148 Å². The molecule has 2 aliphatic heterocycles. The summed E-state index contributed by atoms with van der Waals surface area (Å²) < 4.78 is 11.0. The van der Waals surface area contributed by atoms with E-state index in [1.165, 1.54) is 12.8 Å². The lowest BCUT2D eigenvalue weighted by atomic mass is 9.91. The zero-order valence-electron chi connectivity index (χ0n) is 15.1. The van der Waals surface area contributed by atoms with Crippen molar-refractivity contribution in [3.8, 4) is 0 Å². The van der Waals surface area contributed by atoms with E-state index in [2.05, 4.69) is 29.0 Å². The van der Waals surface area contributed by atoms with Gasteiger partial charge in [-0.1, -0.05) is 13.8 Å². The number of likely N-dealkylation sites (tertiary alicyclic amines) is 1. The Bertz CT molecular complexity index is 607. The molecular formula is C18H28N4O3. The summed E-state index contributed by atoms with van der Waals surface area (Å²) in [4.78, 5) is 19.0. The second-order valence-corrected chi connectivity index (χ2v) is 7.96. The Morgan fingerprint density at radius 1 is 1.36 bits per heavy atom. The van der Waals surface area contributed by atoms with E-state index >= 15 is 0 Å². The lowest BCUT2D eigenvalue weighted by molar-refractivity contribution is 0.0319. The maximum absolute atomic E-state index is 12.5. The normalized spacial score (nSPS) is 29.6. The van der Waals surface area contributed by atoms with Gasteiger partial charge in [-0.15, -0.1) is 0 Å². The summed E-state index contributed by atoms with van der Waals surface area (Å²) in [5.41, 5.74) is 0. The average Bonchev–Trinajstić information content (AvgIpc) is 3.05. The van der Waals surface area contributed by atoms with Gasteiger partial charge in [0.2, 0.25) is 0 Å². The third-order valence-corrected chi connectivity index (χ3v) is 5.66. The molecule has 0 bridgehead atoms. The molecule has 0 aromatic carbocycles. The van der Waals surface area contributed by atoms with Crippen molar-refractivity contribution >= 4 is 6.09 Å². The maximum atomic E-state index is 12.5. The Balaban J connectivity index is 1.40. The van der Waals surface area contributed by atoms with Gasteiger partial charge in [0.25, 0.3) is 0 Å². The molecule has 0 radical (unpaired) electrons. The number of hydrogen-bond acceptors (Lipinski definition) is 5. The fourth-order valence-electron chi connectivity index (χ4n) is 4.01. The molecule has 25 heavy (non-hydrogen) atoms. The zero-order chi connectivity index (χ0) is 17.4. The second-order valence-electron chi connectivity index (χ2n) is 7.96. The highest BCUT2D eigenvalue weighted by atomic mass is 16.6. The first-order valence-electron chi connectivity index (χ1n) is 9.57. The number of carbonyl (C=O) groups is 1. The molecule has 3 atom stereocenters. The van der Waals surface area contributed by atoms with Crippen LogP contribution < -0.4 is 0 Å². The van der Waals surface area contributed by atoms with Crippen molar-refractivity contribution in [2.24, 2.45) is 11.8 Å². The number of rotatable bonds is 5. The van der Waals surface area contributed by atoms with Crippen LogP contribution in [-0.4, -0.2) is 58.6 Å². The third-order valence-electron chi connectivity index (χ3n) is 5.66. The fraction of sp³-hybridized carbons (Fsp3) is 0.833. The first-order valence-corrected chi connectivity index (χ1v) is 9.57. The van der Waals surface area contributed by atoms with Crippen LogP contribution >= 0.6 is 0 Å². The molecule has 1 aromatic heterocycles. The standard InChI is InChI=1S/C18H28N4O3/c1-11(2)16-19-17(21-20-16)15-9-22(8-14(15)12-5-6-12)18(23)25-10-13-4-3-7-24-13/h11-15H,3-10H2,1-2H3,(H,19,20,21)/t13?,14-,15+/m1/s1. The molecule has 2 saturated heterocycles. The van der Waals surface area contributed by atoms with Gasteiger partial charge in [-0.05, 0) is 37.5 Å². The highest BCUT2D eigenvalue weighted by molar-refractivity contribution is 5.68. The van der Waals surface area contributed by atoms with Gasteiger partial charge in [0.15, 0.2) is 5.82 Å². The molecule has 1 amide bonds. The minimum atomic E-state index is -0.216. The minimum absolute atomic E-state index is 0.0736. The third kappa shape index (κ3) is 3.66.